The molecule has 2 aromatic carbocycles. The first-order chi connectivity index (χ1) is 12.0. The smallest absolute Gasteiger partial charge is 0.223 e. The number of benzene rings is 2. The van der Waals surface area contributed by atoms with Crippen molar-refractivity contribution >= 4 is 29.1 Å². The van der Waals surface area contributed by atoms with Crippen molar-refractivity contribution in [3.63, 3.8) is 0 Å². The molecule has 0 radical (unpaired) electrons. The number of aryl methyl sites for hydroxylation is 1. The van der Waals surface area contributed by atoms with Gasteiger partial charge in [-0.15, -0.1) is 0 Å². The molecular formula is C20H23ClN2O2. The molecular weight excluding hydrogens is 336 g/mol. The van der Waals surface area contributed by atoms with Gasteiger partial charge in [-0.2, -0.15) is 0 Å². The van der Waals surface area contributed by atoms with Gasteiger partial charge in [0.05, 0.1) is 0 Å². The predicted molar refractivity (Wildman–Crippen MR) is 102 cm³/mol. The Morgan fingerprint density at radius 1 is 1.12 bits per heavy atom. The Morgan fingerprint density at radius 3 is 2.48 bits per heavy atom. The molecule has 0 saturated heterocycles. The third-order valence-corrected chi connectivity index (χ3v) is 4.16. The highest BCUT2D eigenvalue weighted by Gasteiger charge is 2.13. The molecule has 0 spiro atoms. The van der Waals surface area contributed by atoms with Crippen molar-refractivity contribution in [1.82, 2.24) is 5.32 Å². The normalized spacial score (nSPS) is 10.4. The second kappa shape index (κ2) is 9.23. The molecule has 0 heterocycles. The second-order valence-corrected chi connectivity index (χ2v) is 6.42. The van der Waals surface area contributed by atoms with Crippen molar-refractivity contribution in [3.8, 4) is 0 Å². The van der Waals surface area contributed by atoms with Gasteiger partial charge >= 0.3 is 0 Å². The molecule has 132 valence electrons. The van der Waals surface area contributed by atoms with Crippen LogP contribution in [0.25, 0.3) is 0 Å². The largest absolute Gasteiger partial charge is 0.356 e. The van der Waals surface area contributed by atoms with Gasteiger partial charge in [0.1, 0.15) is 0 Å². The first-order valence-corrected chi connectivity index (χ1v) is 8.69. The Kier molecular flexibility index (Phi) is 7.02. The Morgan fingerprint density at radius 2 is 1.84 bits per heavy atom. The van der Waals surface area contributed by atoms with Gasteiger partial charge in [0.15, 0.2) is 0 Å². The minimum atomic E-state index is -0.0698. The van der Waals surface area contributed by atoms with Gasteiger partial charge in [-0.1, -0.05) is 35.9 Å². The van der Waals surface area contributed by atoms with E-state index in [4.69, 9.17) is 11.6 Å². The van der Waals surface area contributed by atoms with Crippen LogP contribution in [0.5, 0.6) is 0 Å². The van der Waals surface area contributed by atoms with E-state index >= 15 is 0 Å². The molecule has 0 fully saturated rings. The summed E-state index contributed by atoms with van der Waals surface area (Å²) < 4.78 is 0. The molecule has 0 atom stereocenters. The van der Waals surface area contributed by atoms with Crippen LogP contribution in [0.4, 0.5) is 5.69 Å². The lowest BCUT2D eigenvalue weighted by Crippen LogP contribution is -2.34. The number of hydrogen-bond acceptors (Lipinski definition) is 2. The molecule has 0 aliphatic carbocycles. The average Bonchev–Trinajstić information content (AvgIpc) is 2.56. The summed E-state index contributed by atoms with van der Waals surface area (Å²) in [4.78, 5) is 25.6. The molecule has 0 aliphatic heterocycles. The van der Waals surface area contributed by atoms with Crippen LogP contribution in [0.3, 0.4) is 0 Å². The molecule has 2 amide bonds. The van der Waals surface area contributed by atoms with Crippen molar-refractivity contribution in [2.75, 3.05) is 18.0 Å². The van der Waals surface area contributed by atoms with Gasteiger partial charge in [-0.3, -0.25) is 9.59 Å². The molecule has 0 unspecified atom stereocenters. The fourth-order valence-corrected chi connectivity index (χ4v) is 2.69. The highest BCUT2D eigenvalue weighted by molar-refractivity contribution is 6.30. The van der Waals surface area contributed by atoms with Gasteiger partial charge in [0.25, 0.3) is 0 Å². The molecule has 25 heavy (non-hydrogen) atoms. The monoisotopic (exact) mass is 358 g/mol. The van der Waals surface area contributed by atoms with E-state index in [0.29, 0.717) is 18.1 Å². The summed E-state index contributed by atoms with van der Waals surface area (Å²) in [6.07, 6.45) is 1.02. The zero-order valence-electron chi connectivity index (χ0n) is 14.6. The van der Waals surface area contributed by atoms with Crippen LogP contribution in [0, 0.1) is 6.92 Å². The van der Waals surface area contributed by atoms with Crippen molar-refractivity contribution in [3.05, 3.63) is 64.7 Å². The first kappa shape index (κ1) is 19.0. The van der Waals surface area contributed by atoms with Crippen molar-refractivity contribution in [2.24, 2.45) is 0 Å². The number of anilines is 1. The van der Waals surface area contributed by atoms with Crippen LogP contribution in [0.15, 0.2) is 48.5 Å². The lowest BCUT2D eigenvalue weighted by Gasteiger charge is -2.21. The number of hydrogen-bond donors (Lipinski definition) is 1. The highest BCUT2D eigenvalue weighted by Crippen LogP contribution is 2.16. The van der Waals surface area contributed by atoms with Gasteiger partial charge in [-0.25, -0.2) is 0 Å². The standard InChI is InChI=1S/C20H23ClN2O2/c1-15-4-3-5-19(14-15)23(16(2)24)13-11-20(25)22-12-10-17-6-8-18(21)9-7-17/h3-9,14H,10-13H2,1-2H3,(H,22,25). The lowest BCUT2D eigenvalue weighted by molar-refractivity contribution is -0.121. The van der Waals surface area contributed by atoms with E-state index in [1.165, 1.54) is 6.92 Å². The molecule has 0 aliphatic rings. The maximum Gasteiger partial charge on any atom is 0.223 e. The highest BCUT2D eigenvalue weighted by atomic mass is 35.5. The molecule has 0 aromatic heterocycles. The third kappa shape index (κ3) is 6.24. The van der Waals surface area contributed by atoms with Gasteiger partial charge < -0.3 is 10.2 Å². The Balaban J connectivity index is 1.81. The summed E-state index contributed by atoms with van der Waals surface area (Å²) in [5.74, 6) is -0.132. The van der Waals surface area contributed by atoms with Crippen LogP contribution in [-0.2, 0) is 16.0 Å². The zero-order valence-corrected chi connectivity index (χ0v) is 15.3. The molecule has 1 N–H and O–H groups in total. The summed E-state index contributed by atoms with van der Waals surface area (Å²) in [5, 5.41) is 3.60. The Hall–Kier alpha value is -2.33. The van der Waals surface area contributed by atoms with E-state index in [1.54, 1.807) is 4.90 Å². The molecule has 4 nitrogen and oxygen atoms in total. The number of amides is 2. The SMILES string of the molecule is CC(=O)N(CCC(=O)NCCc1ccc(Cl)cc1)c1cccc(C)c1. The third-order valence-electron chi connectivity index (χ3n) is 3.91. The zero-order chi connectivity index (χ0) is 18.2. The van der Waals surface area contributed by atoms with Gasteiger partial charge in [-0.05, 0) is 48.7 Å². The summed E-state index contributed by atoms with van der Waals surface area (Å²) >= 11 is 5.85. The van der Waals surface area contributed by atoms with E-state index < -0.39 is 0 Å². The lowest BCUT2D eigenvalue weighted by atomic mass is 10.1. The van der Waals surface area contributed by atoms with Crippen LogP contribution in [0.2, 0.25) is 5.02 Å². The number of rotatable bonds is 7. The van der Waals surface area contributed by atoms with Gasteiger partial charge in [0, 0.05) is 37.1 Å². The molecule has 5 heteroatoms. The number of nitrogens with zero attached hydrogens (tertiary/aromatic N) is 1. The average molecular weight is 359 g/mol. The fourth-order valence-electron chi connectivity index (χ4n) is 2.56. The topological polar surface area (TPSA) is 49.4 Å². The number of carbonyl (C=O) groups excluding carboxylic acids is 2. The van der Waals surface area contributed by atoms with Crippen LogP contribution >= 0.6 is 11.6 Å². The molecule has 0 bridgehead atoms. The quantitative estimate of drug-likeness (QED) is 0.819. The van der Waals surface area contributed by atoms with E-state index in [2.05, 4.69) is 5.32 Å². The number of halogens is 1. The second-order valence-electron chi connectivity index (χ2n) is 5.99. The van der Waals surface area contributed by atoms with Crippen molar-refractivity contribution < 1.29 is 9.59 Å². The van der Waals surface area contributed by atoms with E-state index in [-0.39, 0.29) is 18.2 Å². The summed E-state index contributed by atoms with van der Waals surface area (Å²) in [6, 6.07) is 15.3. The molecule has 2 aromatic rings. The fraction of sp³-hybridized carbons (Fsp3) is 0.300. The van der Waals surface area contributed by atoms with Crippen molar-refractivity contribution in [2.45, 2.75) is 26.7 Å². The van der Waals surface area contributed by atoms with Gasteiger partial charge in [0.2, 0.25) is 11.8 Å². The minimum Gasteiger partial charge on any atom is -0.356 e. The maximum atomic E-state index is 12.0. The van der Waals surface area contributed by atoms with E-state index in [1.807, 2.05) is 55.5 Å². The van der Waals surface area contributed by atoms with Crippen molar-refractivity contribution in [1.29, 1.82) is 0 Å². The summed E-state index contributed by atoms with van der Waals surface area (Å²) in [5.41, 5.74) is 3.02. The van der Waals surface area contributed by atoms with E-state index in [0.717, 1.165) is 23.2 Å². The Labute approximate surface area is 153 Å². The molecule has 0 saturated carbocycles. The van der Waals surface area contributed by atoms with Crippen LogP contribution in [-0.4, -0.2) is 24.9 Å². The minimum absolute atomic E-state index is 0.0622. The molecule has 2 rings (SSSR count). The van der Waals surface area contributed by atoms with Crippen LogP contribution < -0.4 is 10.2 Å². The first-order valence-electron chi connectivity index (χ1n) is 8.31. The number of carbonyl (C=O) groups is 2. The van der Waals surface area contributed by atoms with Crippen LogP contribution in [0.1, 0.15) is 24.5 Å². The van der Waals surface area contributed by atoms with E-state index in [9.17, 15) is 9.59 Å². The summed E-state index contributed by atoms with van der Waals surface area (Å²) in [6.45, 7) is 4.42. The predicted octanol–water partition coefficient (Wildman–Crippen LogP) is 3.75. The number of nitrogens with one attached hydrogen (secondary N) is 1. The maximum absolute atomic E-state index is 12.0. The summed E-state index contributed by atoms with van der Waals surface area (Å²) in [7, 11) is 0. The Bertz CT molecular complexity index is 729.